The summed E-state index contributed by atoms with van der Waals surface area (Å²) in [6.07, 6.45) is 3.64. The van der Waals surface area contributed by atoms with Gasteiger partial charge in [-0.1, -0.05) is 0 Å². The molecule has 6 nitrogen and oxygen atoms in total. The van der Waals surface area contributed by atoms with Crippen LogP contribution >= 0.6 is 0 Å². The highest BCUT2D eigenvalue weighted by atomic mass is 16.6. The Labute approximate surface area is 69.2 Å². The summed E-state index contributed by atoms with van der Waals surface area (Å²) >= 11 is 0. The third-order valence-electron chi connectivity index (χ3n) is 1.43. The molecule has 0 radical (unpaired) electrons. The van der Waals surface area contributed by atoms with Crippen LogP contribution in [0.15, 0.2) is 12.5 Å². The molecule has 0 atom stereocenters. The maximum absolute atomic E-state index is 10.2. The van der Waals surface area contributed by atoms with Gasteiger partial charge in [0.05, 0.1) is 0 Å². The maximum Gasteiger partial charge on any atom is 0.381 e. The second kappa shape index (κ2) is 3.82. The van der Waals surface area contributed by atoms with Gasteiger partial charge in [0.25, 0.3) is 0 Å². The predicted molar refractivity (Wildman–Crippen MR) is 42.6 cm³/mol. The highest BCUT2D eigenvalue weighted by molar-refractivity contribution is 5.12. The van der Waals surface area contributed by atoms with Crippen LogP contribution in [-0.2, 0) is 6.54 Å². The first-order valence-electron chi connectivity index (χ1n) is 3.60. The Bertz CT molecular complexity index is 270. The fourth-order valence-electron chi connectivity index (χ4n) is 0.839. The van der Waals surface area contributed by atoms with Gasteiger partial charge in [0.15, 0.2) is 0 Å². The van der Waals surface area contributed by atoms with Crippen molar-refractivity contribution in [2.24, 2.45) is 5.73 Å². The number of nitrogens with zero attached hydrogens (tertiary/aromatic N) is 3. The van der Waals surface area contributed by atoms with Gasteiger partial charge in [-0.05, 0) is 22.9 Å². The van der Waals surface area contributed by atoms with Crippen molar-refractivity contribution >= 4 is 5.82 Å². The molecule has 12 heavy (non-hydrogen) atoms. The van der Waals surface area contributed by atoms with E-state index in [1.165, 1.54) is 12.5 Å². The molecule has 66 valence electrons. The number of nitrogens with two attached hydrogens (primary N) is 1. The zero-order valence-corrected chi connectivity index (χ0v) is 6.51. The van der Waals surface area contributed by atoms with E-state index in [1.54, 1.807) is 4.57 Å². The van der Waals surface area contributed by atoms with Crippen molar-refractivity contribution in [3.63, 3.8) is 0 Å². The Balaban J connectivity index is 2.58. The van der Waals surface area contributed by atoms with E-state index in [9.17, 15) is 10.1 Å². The predicted octanol–water partition coefficient (Wildman–Crippen LogP) is 0.140. The molecule has 2 N–H and O–H groups in total. The van der Waals surface area contributed by atoms with Crippen LogP contribution in [0.4, 0.5) is 5.82 Å². The van der Waals surface area contributed by atoms with E-state index in [0.717, 1.165) is 6.42 Å². The van der Waals surface area contributed by atoms with E-state index in [4.69, 9.17) is 5.73 Å². The summed E-state index contributed by atoms with van der Waals surface area (Å²) in [5.41, 5.74) is 5.28. The SMILES string of the molecule is NCCCn1cnc([N+](=O)[O-])c1. The van der Waals surface area contributed by atoms with Crippen molar-refractivity contribution in [1.29, 1.82) is 0 Å². The molecular weight excluding hydrogens is 160 g/mol. The molecule has 0 spiro atoms. The van der Waals surface area contributed by atoms with Crippen LogP contribution in [0.5, 0.6) is 0 Å². The molecule has 0 aliphatic rings. The first kappa shape index (κ1) is 8.66. The summed E-state index contributed by atoms with van der Waals surface area (Å²) in [7, 11) is 0. The zero-order valence-electron chi connectivity index (χ0n) is 6.51. The van der Waals surface area contributed by atoms with Crippen molar-refractivity contribution in [3.8, 4) is 0 Å². The number of aromatic nitrogens is 2. The summed E-state index contributed by atoms with van der Waals surface area (Å²) in [4.78, 5) is 13.3. The number of hydrogen-bond acceptors (Lipinski definition) is 4. The lowest BCUT2D eigenvalue weighted by molar-refractivity contribution is -0.389. The number of nitro groups is 1. The molecule has 0 aromatic carbocycles. The molecule has 6 heteroatoms. The monoisotopic (exact) mass is 170 g/mol. The summed E-state index contributed by atoms with van der Waals surface area (Å²) in [5.74, 6) is -0.118. The topological polar surface area (TPSA) is 87.0 Å². The molecule has 0 aliphatic heterocycles. The Kier molecular flexibility index (Phi) is 2.76. The Morgan fingerprint density at radius 3 is 3.00 bits per heavy atom. The van der Waals surface area contributed by atoms with Crippen LogP contribution in [0.3, 0.4) is 0 Å². The Morgan fingerprint density at radius 2 is 2.50 bits per heavy atom. The number of rotatable bonds is 4. The molecule has 0 unspecified atom stereocenters. The van der Waals surface area contributed by atoms with Crippen LogP contribution in [-0.4, -0.2) is 21.0 Å². The average Bonchev–Trinajstić information content (AvgIpc) is 2.48. The highest BCUT2D eigenvalue weighted by Crippen LogP contribution is 2.05. The van der Waals surface area contributed by atoms with Crippen molar-refractivity contribution in [3.05, 3.63) is 22.6 Å². The third-order valence-corrected chi connectivity index (χ3v) is 1.43. The largest absolute Gasteiger partial charge is 0.381 e. The molecule has 0 saturated heterocycles. The molecule has 0 amide bonds. The highest BCUT2D eigenvalue weighted by Gasteiger charge is 2.08. The minimum atomic E-state index is -0.515. The Morgan fingerprint density at radius 1 is 1.75 bits per heavy atom. The molecule has 0 bridgehead atoms. The second-order valence-corrected chi connectivity index (χ2v) is 2.37. The van der Waals surface area contributed by atoms with Gasteiger partial charge in [-0.2, -0.15) is 0 Å². The first-order valence-corrected chi connectivity index (χ1v) is 3.60. The number of hydrogen-bond donors (Lipinski definition) is 1. The summed E-state index contributed by atoms with van der Waals surface area (Å²) in [5, 5.41) is 10.2. The normalized spacial score (nSPS) is 10.1. The van der Waals surface area contributed by atoms with Crippen LogP contribution in [0.1, 0.15) is 6.42 Å². The minimum Gasteiger partial charge on any atom is -0.358 e. The number of imidazole rings is 1. The standard InChI is InChI=1S/C6H10N4O2/c7-2-1-3-9-4-6(8-5-9)10(11)12/h4-5H,1-3,7H2. The number of aryl methyl sites for hydroxylation is 1. The second-order valence-electron chi connectivity index (χ2n) is 2.37. The van der Waals surface area contributed by atoms with E-state index < -0.39 is 4.92 Å². The van der Waals surface area contributed by atoms with Gasteiger partial charge in [-0.3, -0.25) is 0 Å². The maximum atomic E-state index is 10.2. The van der Waals surface area contributed by atoms with Gasteiger partial charge in [0.1, 0.15) is 6.20 Å². The molecule has 1 heterocycles. The van der Waals surface area contributed by atoms with Crippen LogP contribution < -0.4 is 5.73 Å². The lowest BCUT2D eigenvalue weighted by atomic mass is 10.4. The average molecular weight is 170 g/mol. The minimum absolute atomic E-state index is 0.118. The van der Waals surface area contributed by atoms with E-state index in [2.05, 4.69) is 4.98 Å². The van der Waals surface area contributed by atoms with E-state index in [1.807, 2.05) is 0 Å². The molecule has 1 aromatic heterocycles. The van der Waals surface area contributed by atoms with Crippen LogP contribution in [0.25, 0.3) is 0 Å². The fourth-order valence-corrected chi connectivity index (χ4v) is 0.839. The van der Waals surface area contributed by atoms with Crippen molar-refractivity contribution in [2.75, 3.05) is 6.54 Å². The van der Waals surface area contributed by atoms with Gasteiger partial charge in [-0.15, -0.1) is 0 Å². The van der Waals surface area contributed by atoms with E-state index in [0.29, 0.717) is 13.1 Å². The van der Waals surface area contributed by atoms with Crippen molar-refractivity contribution < 1.29 is 4.92 Å². The van der Waals surface area contributed by atoms with Gasteiger partial charge < -0.3 is 20.4 Å². The van der Waals surface area contributed by atoms with E-state index >= 15 is 0 Å². The zero-order chi connectivity index (χ0) is 8.97. The molecular formula is C6H10N4O2. The molecule has 0 aliphatic carbocycles. The lowest BCUT2D eigenvalue weighted by Gasteiger charge is -1.95. The summed E-state index contributed by atoms with van der Waals surface area (Å²) in [6, 6.07) is 0. The summed E-state index contributed by atoms with van der Waals surface area (Å²) < 4.78 is 1.66. The van der Waals surface area contributed by atoms with Gasteiger partial charge in [-0.25, -0.2) is 0 Å². The fraction of sp³-hybridized carbons (Fsp3) is 0.500. The first-order chi connectivity index (χ1) is 5.74. The smallest absolute Gasteiger partial charge is 0.358 e. The molecule has 0 saturated carbocycles. The van der Waals surface area contributed by atoms with Gasteiger partial charge in [0, 0.05) is 6.54 Å². The Hall–Kier alpha value is -1.43. The van der Waals surface area contributed by atoms with Gasteiger partial charge in [0.2, 0.25) is 6.33 Å². The van der Waals surface area contributed by atoms with Crippen molar-refractivity contribution in [1.82, 2.24) is 9.55 Å². The molecule has 1 rings (SSSR count). The quantitative estimate of drug-likeness (QED) is 0.514. The van der Waals surface area contributed by atoms with Crippen molar-refractivity contribution in [2.45, 2.75) is 13.0 Å². The van der Waals surface area contributed by atoms with Crippen LogP contribution in [0.2, 0.25) is 0 Å². The third kappa shape index (κ3) is 2.03. The summed E-state index contributed by atoms with van der Waals surface area (Å²) in [6.45, 7) is 1.25. The lowest BCUT2D eigenvalue weighted by Crippen LogP contribution is -2.03. The molecule has 1 aromatic rings. The molecule has 0 fully saturated rings. The van der Waals surface area contributed by atoms with Crippen LogP contribution in [0, 0.1) is 10.1 Å². The van der Waals surface area contributed by atoms with Gasteiger partial charge >= 0.3 is 5.82 Å². The van der Waals surface area contributed by atoms with E-state index in [-0.39, 0.29) is 5.82 Å².